The van der Waals surface area contributed by atoms with Gasteiger partial charge in [0.25, 0.3) is 0 Å². The number of carbonyl (C=O) groups is 1. The average molecular weight is 194 g/mol. The van der Waals surface area contributed by atoms with Crippen molar-refractivity contribution in [1.29, 1.82) is 0 Å². The van der Waals surface area contributed by atoms with Crippen molar-refractivity contribution in [1.82, 2.24) is 4.72 Å². The molecule has 71 valence electrons. The highest BCUT2D eigenvalue weighted by Crippen LogP contribution is 1.93. The Morgan fingerprint density at radius 1 is 1.67 bits per heavy atom. The van der Waals surface area contributed by atoms with Crippen LogP contribution in [0, 0.1) is 6.92 Å². The van der Waals surface area contributed by atoms with Gasteiger partial charge in [0, 0.05) is 6.04 Å². The maximum atomic E-state index is 10.6. The molecule has 0 aliphatic carbocycles. The number of rotatable bonds is 4. The van der Waals surface area contributed by atoms with Crippen LogP contribution in [-0.4, -0.2) is 33.8 Å². The summed E-state index contributed by atoms with van der Waals surface area (Å²) in [5.74, 6) is -0.494. The molecule has 1 unspecified atom stereocenters. The number of sulfonamides is 1. The number of hydrogen-bond donors (Lipinski definition) is 1. The third-order valence-corrected chi connectivity index (χ3v) is 1.78. The first kappa shape index (κ1) is 11.4. The molecule has 0 bridgehead atoms. The van der Waals surface area contributed by atoms with Crippen molar-refractivity contribution in [2.24, 2.45) is 0 Å². The van der Waals surface area contributed by atoms with Crippen LogP contribution < -0.4 is 4.72 Å². The number of hydrogen-bond acceptors (Lipinski definition) is 4. The van der Waals surface area contributed by atoms with Crippen LogP contribution in [0.15, 0.2) is 0 Å². The summed E-state index contributed by atoms with van der Waals surface area (Å²) in [5, 5.41) is 0. The van der Waals surface area contributed by atoms with Crippen LogP contribution in [0.4, 0.5) is 0 Å². The summed E-state index contributed by atoms with van der Waals surface area (Å²) in [4.78, 5) is 10.6. The van der Waals surface area contributed by atoms with E-state index < -0.39 is 22.0 Å². The zero-order valence-corrected chi connectivity index (χ0v) is 7.85. The minimum atomic E-state index is -3.30. The summed E-state index contributed by atoms with van der Waals surface area (Å²) < 4.78 is 27.7. The molecule has 0 amide bonds. The highest BCUT2D eigenvalue weighted by molar-refractivity contribution is 7.88. The summed E-state index contributed by atoms with van der Waals surface area (Å²) >= 11 is 0. The molecule has 0 fully saturated rings. The Morgan fingerprint density at radius 2 is 2.17 bits per heavy atom. The first-order chi connectivity index (χ1) is 5.35. The van der Waals surface area contributed by atoms with E-state index in [0.29, 0.717) is 0 Å². The third-order valence-electron chi connectivity index (χ3n) is 1.02. The first-order valence-corrected chi connectivity index (χ1v) is 5.11. The predicted octanol–water partition coefficient (Wildman–Crippen LogP) is -0.699. The average Bonchev–Trinajstić information content (AvgIpc) is 1.82. The van der Waals surface area contributed by atoms with Gasteiger partial charge in [0.1, 0.15) is 0 Å². The second kappa shape index (κ2) is 4.42. The maximum absolute atomic E-state index is 10.6. The minimum Gasteiger partial charge on any atom is -0.469 e. The van der Waals surface area contributed by atoms with Gasteiger partial charge < -0.3 is 4.74 Å². The smallest absolute Gasteiger partial charge is 0.307 e. The van der Waals surface area contributed by atoms with Gasteiger partial charge in [-0.05, 0) is 6.92 Å². The SMILES string of the molecule is [CH2]C(CC(=O)OC)NS(C)(=O)=O. The second-order valence-corrected chi connectivity index (χ2v) is 4.15. The van der Waals surface area contributed by atoms with Crippen molar-refractivity contribution in [2.45, 2.75) is 12.5 Å². The largest absolute Gasteiger partial charge is 0.469 e. The van der Waals surface area contributed by atoms with Crippen molar-refractivity contribution >= 4 is 16.0 Å². The molecule has 0 rings (SSSR count). The highest BCUT2D eigenvalue weighted by Gasteiger charge is 2.12. The van der Waals surface area contributed by atoms with Gasteiger partial charge >= 0.3 is 5.97 Å². The Balaban J connectivity index is 3.91. The van der Waals surface area contributed by atoms with Gasteiger partial charge in [0.15, 0.2) is 0 Å². The molecule has 0 spiro atoms. The molecule has 0 aromatic carbocycles. The van der Waals surface area contributed by atoms with E-state index in [1.165, 1.54) is 7.11 Å². The summed E-state index contributed by atoms with van der Waals surface area (Å²) in [6, 6.07) is -0.674. The molecular weight excluding hydrogens is 182 g/mol. The number of carbonyl (C=O) groups excluding carboxylic acids is 1. The van der Waals surface area contributed by atoms with Gasteiger partial charge in [-0.25, -0.2) is 13.1 Å². The quantitative estimate of drug-likeness (QED) is 0.601. The van der Waals surface area contributed by atoms with Gasteiger partial charge in [0.05, 0.1) is 19.8 Å². The van der Waals surface area contributed by atoms with Crippen LogP contribution in [-0.2, 0) is 19.6 Å². The number of methoxy groups -OCH3 is 1. The fourth-order valence-corrected chi connectivity index (χ4v) is 1.32. The van der Waals surface area contributed by atoms with Crippen LogP contribution in [0.5, 0.6) is 0 Å². The van der Waals surface area contributed by atoms with Crippen LogP contribution in [0.25, 0.3) is 0 Å². The second-order valence-electron chi connectivity index (χ2n) is 2.37. The first-order valence-electron chi connectivity index (χ1n) is 3.22. The molecule has 0 aliphatic heterocycles. The predicted molar refractivity (Wildman–Crippen MR) is 43.8 cm³/mol. The molecule has 1 N–H and O–H groups in total. The molecule has 0 aliphatic rings. The highest BCUT2D eigenvalue weighted by atomic mass is 32.2. The molecule has 6 heteroatoms. The van der Waals surface area contributed by atoms with Gasteiger partial charge in [-0.1, -0.05) is 0 Å². The molecule has 12 heavy (non-hydrogen) atoms. The normalized spacial score (nSPS) is 13.9. The van der Waals surface area contributed by atoms with E-state index in [1.807, 2.05) is 0 Å². The fourth-order valence-electron chi connectivity index (χ4n) is 0.629. The maximum Gasteiger partial charge on any atom is 0.307 e. The lowest BCUT2D eigenvalue weighted by Gasteiger charge is -2.09. The van der Waals surface area contributed by atoms with Gasteiger partial charge in [-0.2, -0.15) is 0 Å². The zero-order chi connectivity index (χ0) is 9.78. The van der Waals surface area contributed by atoms with E-state index in [2.05, 4.69) is 16.4 Å². The van der Waals surface area contributed by atoms with Crippen LogP contribution >= 0.6 is 0 Å². The Kier molecular flexibility index (Phi) is 4.19. The summed E-state index contributed by atoms with van der Waals surface area (Å²) in [6.07, 6.45) is 0.937. The summed E-state index contributed by atoms with van der Waals surface area (Å²) in [6.45, 7) is 3.42. The molecule has 1 radical (unpaired) electrons. The van der Waals surface area contributed by atoms with E-state index in [-0.39, 0.29) is 6.42 Å². The molecule has 5 nitrogen and oxygen atoms in total. The van der Waals surface area contributed by atoms with Crippen LogP contribution in [0.2, 0.25) is 0 Å². The molecule has 0 saturated carbocycles. The van der Waals surface area contributed by atoms with E-state index in [1.54, 1.807) is 0 Å². The molecule has 0 heterocycles. The standard InChI is InChI=1S/C6H12NO4S/c1-5(4-6(8)11-2)7-12(3,9)10/h5,7H,1,4H2,2-3H3. The molecule has 0 saturated heterocycles. The van der Waals surface area contributed by atoms with E-state index >= 15 is 0 Å². The molecular formula is C6H12NO4S. The Labute approximate surface area is 72.1 Å². The number of ether oxygens (including phenoxy) is 1. The van der Waals surface area contributed by atoms with Gasteiger partial charge in [-0.3, -0.25) is 4.79 Å². The van der Waals surface area contributed by atoms with Crippen LogP contribution in [0.1, 0.15) is 6.42 Å². The van der Waals surface area contributed by atoms with Crippen molar-refractivity contribution in [3.8, 4) is 0 Å². The lowest BCUT2D eigenvalue weighted by atomic mass is 10.3. The topological polar surface area (TPSA) is 72.5 Å². The zero-order valence-electron chi connectivity index (χ0n) is 7.03. The Morgan fingerprint density at radius 3 is 2.50 bits per heavy atom. The fraction of sp³-hybridized carbons (Fsp3) is 0.667. The lowest BCUT2D eigenvalue weighted by molar-refractivity contribution is -0.140. The molecule has 0 aromatic rings. The Hall–Kier alpha value is -0.620. The lowest BCUT2D eigenvalue weighted by Crippen LogP contribution is -2.33. The minimum absolute atomic E-state index is 0.0659. The van der Waals surface area contributed by atoms with E-state index in [4.69, 9.17) is 0 Å². The third kappa shape index (κ3) is 6.11. The van der Waals surface area contributed by atoms with Crippen molar-refractivity contribution in [3.05, 3.63) is 6.92 Å². The summed E-state index contributed by atoms with van der Waals surface area (Å²) in [5.41, 5.74) is 0. The van der Waals surface area contributed by atoms with Crippen molar-refractivity contribution < 1.29 is 17.9 Å². The van der Waals surface area contributed by atoms with Gasteiger partial charge in [-0.15, -0.1) is 0 Å². The number of esters is 1. The summed E-state index contributed by atoms with van der Waals surface area (Å²) in [7, 11) is -2.07. The van der Waals surface area contributed by atoms with Crippen molar-refractivity contribution in [2.75, 3.05) is 13.4 Å². The number of nitrogens with one attached hydrogen (secondary N) is 1. The van der Waals surface area contributed by atoms with E-state index in [0.717, 1.165) is 6.26 Å². The van der Waals surface area contributed by atoms with Crippen LogP contribution in [0.3, 0.4) is 0 Å². The Bertz CT molecular complexity index is 246. The van der Waals surface area contributed by atoms with E-state index in [9.17, 15) is 13.2 Å². The van der Waals surface area contributed by atoms with Crippen molar-refractivity contribution in [3.63, 3.8) is 0 Å². The monoisotopic (exact) mass is 194 g/mol. The molecule has 1 atom stereocenters. The molecule has 0 aromatic heterocycles. The van der Waals surface area contributed by atoms with Gasteiger partial charge in [0.2, 0.25) is 10.0 Å².